The van der Waals surface area contributed by atoms with Gasteiger partial charge >= 0.3 is 0 Å². The number of carbonyl (C=O) groups is 1. The van der Waals surface area contributed by atoms with Gasteiger partial charge in [-0.3, -0.25) is 9.89 Å². The van der Waals surface area contributed by atoms with Crippen LogP contribution >= 0.6 is 11.8 Å². The molecule has 102 valence electrons. The van der Waals surface area contributed by atoms with Crippen LogP contribution in [0.3, 0.4) is 0 Å². The molecule has 0 aliphatic rings. The SMILES string of the molecule is CSCC(CCO)NC(=O)c1cc(C(C)C)[nH]n1. The lowest BCUT2D eigenvalue weighted by molar-refractivity contribution is 0.0930. The maximum Gasteiger partial charge on any atom is 0.272 e. The second-order valence-corrected chi connectivity index (χ2v) is 5.41. The Bertz CT molecular complexity index is 373. The quantitative estimate of drug-likeness (QED) is 0.700. The van der Waals surface area contributed by atoms with Gasteiger partial charge in [0.25, 0.3) is 5.91 Å². The molecule has 0 saturated heterocycles. The van der Waals surface area contributed by atoms with Crippen LogP contribution in [0.25, 0.3) is 0 Å². The molecule has 0 saturated carbocycles. The molecule has 18 heavy (non-hydrogen) atoms. The Hall–Kier alpha value is -1.01. The third-order valence-corrected chi connectivity index (χ3v) is 3.37. The molecule has 1 rings (SSSR count). The summed E-state index contributed by atoms with van der Waals surface area (Å²) in [4.78, 5) is 12.0. The van der Waals surface area contributed by atoms with Crippen molar-refractivity contribution in [3.8, 4) is 0 Å². The molecule has 3 N–H and O–H groups in total. The predicted octanol–water partition coefficient (Wildman–Crippen LogP) is 1.38. The van der Waals surface area contributed by atoms with Crippen molar-refractivity contribution in [1.82, 2.24) is 15.5 Å². The topological polar surface area (TPSA) is 78.0 Å². The summed E-state index contributed by atoms with van der Waals surface area (Å²) in [7, 11) is 0. The fourth-order valence-electron chi connectivity index (χ4n) is 1.56. The average molecular weight is 271 g/mol. The van der Waals surface area contributed by atoms with Crippen LogP contribution in [0.15, 0.2) is 6.07 Å². The number of carbonyl (C=O) groups excluding carboxylic acids is 1. The molecule has 1 aromatic rings. The summed E-state index contributed by atoms with van der Waals surface area (Å²) < 4.78 is 0. The van der Waals surface area contributed by atoms with E-state index >= 15 is 0 Å². The minimum Gasteiger partial charge on any atom is -0.396 e. The Labute approximate surface area is 112 Å². The Kier molecular flexibility index (Phi) is 6.21. The van der Waals surface area contributed by atoms with Crippen LogP contribution in [0.1, 0.15) is 42.4 Å². The Morgan fingerprint density at radius 1 is 1.61 bits per heavy atom. The zero-order valence-electron chi connectivity index (χ0n) is 11.1. The maximum atomic E-state index is 12.0. The van der Waals surface area contributed by atoms with Gasteiger partial charge in [-0.1, -0.05) is 13.8 Å². The molecular weight excluding hydrogens is 250 g/mol. The van der Waals surface area contributed by atoms with Crippen molar-refractivity contribution in [3.63, 3.8) is 0 Å². The minimum atomic E-state index is -0.189. The normalized spacial score (nSPS) is 12.7. The lowest BCUT2D eigenvalue weighted by Gasteiger charge is -2.15. The number of aliphatic hydroxyl groups is 1. The van der Waals surface area contributed by atoms with Crippen LogP contribution in [-0.4, -0.2) is 45.9 Å². The number of aromatic amines is 1. The first-order chi connectivity index (χ1) is 8.58. The van der Waals surface area contributed by atoms with Gasteiger partial charge in [0.05, 0.1) is 0 Å². The van der Waals surface area contributed by atoms with Crippen LogP contribution in [0, 0.1) is 0 Å². The number of nitrogens with one attached hydrogen (secondary N) is 2. The number of hydrogen-bond donors (Lipinski definition) is 3. The molecule has 6 heteroatoms. The van der Waals surface area contributed by atoms with Gasteiger partial charge in [0.15, 0.2) is 0 Å². The van der Waals surface area contributed by atoms with Gasteiger partial charge in [-0.2, -0.15) is 16.9 Å². The summed E-state index contributed by atoms with van der Waals surface area (Å²) in [6, 6.07) is 1.76. The van der Waals surface area contributed by atoms with E-state index in [1.54, 1.807) is 17.8 Å². The number of aliphatic hydroxyl groups excluding tert-OH is 1. The summed E-state index contributed by atoms with van der Waals surface area (Å²) in [5.74, 6) is 0.914. The first kappa shape index (κ1) is 15.0. The molecule has 1 unspecified atom stereocenters. The van der Waals surface area contributed by atoms with E-state index in [0.29, 0.717) is 18.0 Å². The smallest absolute Gasteiger partial charge is 0.272 e. The van der Waals surface area contributed by atoms with E-state index in [1.165, 1.54) is 0 Å². The highest BCUT2D eigenvalue weighted by Crippen LogP contribution is 2.12. The summed E-state index contributed by atoms with van der Waals surface area (Å²) in [6.45, 7) is 4.15. The van der Waals surface area contributed by atoms with Crippen LogP contribution in [0.5, 0.6) is 0 Å². The van der Waals surface area contributed by atoms with E-state index in [0.717, 1.165) is 11.4 Å². The Morgan fingerprint density at radius 2 is 2.33 bits per heavy atom. The first-order valence-electron chi connectivity index (χ1n) is 6.04. The molecule has 1 heterocycles. The largest absolute Gasteiger partial charge is 0.396 e. The highest BCUT2D eigenvalue weighted by molar-refractivity contribution is 7.98. The van der Waals surface area contributed by atoms with E-state index in [2.05, 4.69) is 15.5 Å². The molecule has 0 bridgehead atoms. The second kappa shape index (κ2) is 7.43. The van der Waals surface area contributed by atoms with Gasteiger partial charge in [0.1, 0.15) is 5.69 Å². The molecular formula is C12H21N3O2S. The van der Waals surface area contributed by atoms with Crippen molar-refractivity contribution < 1.29 is 9.90 Å². The third-order valence-electron chi connectivity index (χ3n) is 2.63. The Morgan fingerprint density at radius 3 is 2.83 bits per heavy atom. The Balaban J connectivity index is 2.61. The van der Waals surface area contributed by atoms with Crippen molar-refractivity contribution in [2.75, 3.05) is 18.6 Å². The molecule has 0 spiro atoms. The van der Waals surface area contributed by atoms with Crippen molar-refractivity contribution in [1.29, 1.82) is 0 Å². The van der Waals surface area contributed by atoms with Gasteiger partial charge in [0.2, 0.25) is 0 Å². The van der Waals surface area contributed by atoms with Crippen molar-refractivity contribution in [2.45, 2.75) is 32.2 Å². The zero-order valence-corrected chi connectivity index (χ0v) is 11.9. The lowest BCUT2D eigenvalue weighted by atomic mass is 10.1. The standard InChI is InChI=1S/C12H21N3O2S/c1-8(2)10-6-11(15-14-10)12(17)13-9(4-5-16)7-18-3/h6,8-9,16H,4-5,7H2,1-3H3,(H,13,17)(H,14,15). The summed E-state index contributed by atoms with van der Waals surface area (Å²) in [5, 5.41) is 18.7. The first-order valence-corrected chi connectivity index (χ1v) is 7.43. The fourth-order valence-corrected chi connectivity index (χ4v) is 2.21. The minimum absolute atomic E-state index is 0.0169. The molecule has 5 nitrogen and oxygen atoms in total. The van der Waals surface area contributed by atoms with E-state index in [9.17, 15) is 4.79 Å². The van der Waals surface area contributed by atoms with Crippen molar-refractivity contribution >= 4 is 17.7 Å². The van der Waals surface area contributed by atoms with Gasteiger partial charge in [-0.15, -0.1) is 0 Å². The fraction of sp³-hybridized carbons (Fsp3) is 0.667. The molecule has 0 aromatic carbocycles. The predicted molar refractivity (Wildman–Crippen MR) is 74.0 cm³/mol. The number of H-pyrrole nitrogens is 1. The number of thioether (sulfide) groups is 1. The molecule has 0 aliphatic heterocycles. The van der Waals surface area contributed by atoms with Crippen LogP contribution in [0.2, 0.25) is 0 Å². The third kappa shape index (κ3) is 4.34. The van der Waals surface area contributed by atoms with Crippen LogP contribution in [-0.2, 0) is 0 Å². The molecule has 0 radical (unpaired) electrons. The molecule has 0 aliphatic carbocycles. The van der Waals surface area contributed by atoms with E-state index in [-0.39, 0.29) is 18.6 Å². The maximum absolute atomic E-state index is 12.0. The molecule has 1 atom stereocenters. The summed E-state index contributed by atoms with van der Waals surface area (Å²) >= 11 is 1.64. The summed E-state index contributed by atoms with van der Waals surface area (Å²) in [6.07, 6.45) is 2.54. The zero-order chi connectivity index (χ0) is 13.5. The highest BCUT2D eigenvalue weighted by Gasteiger charge is 2.16. The number of amides is 1. The van der Waals surface area contributed by atoms with Crippen LogP contribution < -0.4 is 5.32 Å². The number of nitrogens with zero attached hydrogens (tertiary/aromatic N) is 1. The highest BCUT2D eigenvalue weighted by atomic mass is 32.2. The summed E-state index contributed by atoms with van der Waals surface area (Å²) in [5.41, 5.74) is 1.35. The van der Waals surface area contributed by atoms with Crippen molar-refractivity contribution in [2.24, 2.45) is 0 Å². The lowest BCUT2D eigenvalue weighted by Crippen LogP contribution is -2.37. The van der Waals surface area contributed by atoms with Gasteiger partial charge in [-0.25, -0.2) is 0 Å². The van der Waals surface area contributed by atoms with Crippen molar-refractivity contribution in [3.05, 3.63) is 17.5 Å². The monoisotopic (exact) mass is 271 g/mol. The van der Waals surface area contributed by atoms with E-state index < -0.39 is 0 Å². The molecule has 0 fully saturated rings. The van der Waals surface area contributed by atoms with E-state index in [4.69, 9.17) is 5.11 Å². The van der Waals surface area contributed by atoms with Gasteiger partial charge < -0.3 is 10.4 Å². The number of hydrogen-bond acceptors (Lipinski definition) is 4. The van der Waals surface area contributed by atoms with E-state index in [1.807, 2.05) is 20.1 Å². The van der Waals surface area contributed by atoms with Crippen LogP contribution in [0.4, 0.5) is 0 Å². The second-order valence-electron chi connectivity index (χ2n) is 4.50. The van der Waals surface area contributed by atoms with Gasteiger partial charge in [-0.05, 0) is 24.7 Å². The molecule has 1 aromatic heterocycles. The number of rotatable bonds is 7. The van der Waals surface area contributed by atoms with Gasteiger partial charge in [0, 0.05) is 24.1 Å². The number of aromatic nitrogens is 2. The average Bonchev–Trinajstić information content (AvgIpc) is 2.79. The molecule has 1 amide bonds.